The molecule has 2 unspecified atom stereocenters. The summed E-state index contributed by atoms with van der Waals surface area (Å²) < 4.78 is 0. The van der Waals surface area contributed by atoms with Gasteiger partial charge in [-0.2, -0.15) is 0 Å². The molecule has 2 rings (SSSR count). The molecule has 3 N–H and O–H groups in total. The summed E-state index contributed by atoms with van der Waals surface area (Å²) in [7, 11) is 0. The topological polar surface area (TPSA) is 58.4 Å². The average molecular weight is 183 g/mol. The molecule has 0 aliphatic carbocycles. The van der Waals surface area contributed by atoms with E-state index in [1.165, 1.54) is 12.8 Å². The van der Waals surface area contributed by atoms with E-state index in [1.54, 1.807) is 0 Å². The lowest BCUT2D eigenvalue weighted by Gasteiger charge is -2.45. The molecule has 4 nitrogen and oxygen atoms in total. The van der Waals surface area contributed by atoms with Crippen molar-refractivity contribution >= 4 is 5.91 Å². The summed E-state index contributed by atoms with van der Waals surface area (Å²) in [5, 5.41) is 3.35. The first kappa shape index (κ1) is 8.97. The number of carbonyl (C=O) groups is 1. The van der Waals surface area contributed by atoms with Crippen LogP contribution in [-0.2, 0) is 4.79 Å². The Bertz CT molecular complexity index is 201. The summed E-state index contributed by atoms with van der Waals surface area (Å²) >= 11 is 0. The lowest BCUT2D eigenvalue weighted by molar-refractivity contribution is -0.129. The summed E-state index contributed by atoms with van der Waals surface area (Å²) in [6.45, 7) is 3.18. The molecule has 2 saturated heterocycles. The van der Waals surface area contributed by atoms with Crippen LogP contribution in [0.2, 0.25) is 0 Å². The number of rotatable bonds is 2. The molecule has 0 aromatic rings. The van der Waals surface area contributed by atoms with Gasteiger partial charge in [0.25, 0.3) is 0 Å². The van der Waals surface area contributed by atoms with Crippen LogP contribution < -0.4 is 11.1 Å². The van der Waals surface area contributed by atoms with E-state index in [0.717, 1.165) is 26.1 Å². The number of nitrogens with one attached hydrogen (secondary N) is 1. The second kappa shape index (κ2) is 3.64. The van der Waals surface area contributed by atoms with Gasteiger partial charge in [0.15, 0.2) is 0 Å². The maximum absolute atomic E-state index is 11.0. The highest BCUT2D eigenvalue weighted by Gasteiger charge is 2.37. The highest BCUT2D eigenvalue weighted by molar-refractivity contribution is 5.80. The van der Waals surface area contributed by atoms with Gasteiger partial charge in [0.2, 0.25) is 5.91 Å². The summed E-state index contributed by atoms with van der Waals surface area (Å²) in [4.78, 5) is 13.2. The van der Waals surface area contributed by atoms with Gasteiger partial charge in [-0.1, -0.05) is 0 Å². The zero-order valence-electron chi connectivity index (χ0n) is 7.83. The van der Waals surface area contributed by atoms with Gasteiger partial charge < -0.3 is 11.1 Å². The Hall–Kier alpha value is -0.610. The number of hydrogen-bond acceptors (Lipinski definition) is 3. The van der Waals surface area contributed by atoms with Crippen molar-refractivity contribution < 1.29 is 4.79 Å². The molecule has 0 saturated carbocycles. The minimum atomic E-state index is -0.156. The summed E-state index contributed by atoms with van der Waals surface area (Å²) in [5.41, 5.74) is 5.29. The summed E-state index contributed by atoms with van der Waals surface area (Å²) in [6.07, 6.45) is 3.37. The van der Waals surface area contributed by atoms with Crippen molar-refractivity contribution in [1.82, 2.24) is 10.2 Å². The van der Waals surface area contributed by atoms with Crippen LogP contribution in [-0.4, -0.2) is 42.5 Å². The molecular formula is C9H17N3O. The second-order valence-corrected chi connectivity index (χ2v) is 3.94. The summed E-state index contributed by atoms with van der Waals surface area (Å²) in [6, 6.07) is 0.560. The number of likely N-dealkylation sites (tertiary alicyclic amines) is 1. The molecule has 4 heteroatoms. The highest BCUT2D eigenvalue weighted by atomic mass is 16.1. The van der Waals surface area contributed by atoms with Gasteiger partial charge >= 0.3 is 0 Å². The first-order valence-corrected chi connectivity index (χ1v) is 5.05. The Morgan fingerprint density at radius 2 is 2.31 bits per heavy atom. The first-order valence-electron chi connectivity index (χ1n) is 5.05. The van der Waals surface area contributed by atoms with Crippen molar-refractivity contribution in [3.05, 3.63) is 0 Å². The van der Waals surface area contributed by atoms with Crippen LogP contribution in [0.5, 0.6) is 0 Å². The zero-order chi connectivity index (χ0) is 9.26. The SMILES string of the molecule is NC(=O)C1CCN1C1CCCNC1. The van der Waals surface area contributed by atoms with E-state index in [1.807, 2.05) is 0 Å². The number of hydrogen-bond donors (Lipinski definition) is 2. The fourth-order valence-corrected chi connectivity index (χ4v) is 2.27. The first-order chi connectivity index (χ1) is 6.29. The van der Waals surface area contributed by atoms with Gasteiger partial charge in [-0.15, -0.1) is 0 Å². The van der Waals surface area contributed by atoms with Gasteiger partial charge in [-0.3, -0.25) is 9.69 Å². The molecule has 1 amide bonds. The smallest absolute Gasteiger partial charge is 0.234 e. The fourth-order valence-electron chi connectivity index (χ4n) is 2.27. The number of amides is 1. The number of primary amides is 1. The third kappa shape index (κ3) is 1.69. The molecular weight excluding hydrogens is 166 g/mol. The minimum absolute atomic E-state index is 0.0184. The Morgan fingerprint density at radius 1 is 1.46 bits per heavy atom. The van der Waals surface area contributed by atoms with Crippen LogP contribution in [0.25, 0.3) is 0 Å². The second-order valence-electron chi connectivity index (χ2n) is 3.94. The minimum Gasteiger partial charge on any atom is -0.368 e. The monoisotopic (exact) mass is 183 g/mol. The van der Waals surface area contributed by atoms with Crippen molar-refractivity contribution in [2.24, 2.45) is 5.73 Å². The van der Waals surface area contributed by atoms with Crippen molar-refractivity contribution in [3.8, 4) is 0 Å². The van der Waals surface area contributed by atoms with Crippen LogP contribution >= 0.6 is 0 Å². The maximum Gasteiger partial charge on any atom is 0.234 e. The predicted octanol–water partition coefficient (Wildman–Crippen LogP) is -0.702. The number of carbonyl (C=O) groups excluding carboxylic acids is 1. The van der Waals surface area contributed by atoms with Crippen molar-refractivity contribution in [3.63, 3.8) is 0 Å². The standard InChI is InChI=1S/C9H17N3O/c10-9(13)8-3-5-12(8)7-2-1-4-11-6-7/h7-8,11H,1-6H2,(H2,10,13). The lowest BCUT2D eigenvalue weighted by atomic mass is 9.95. The predicted molar refractivity (Wildman–Crippen MR) is 50.2 cm³/mol. The lowest BCUT2D eigenvalue weighted by Crippen LogP contribution is -2.61. The summed E-state index contributed by atoms with van der Waals surface area (Å²) in [5.74, 6) is -0.156. The zero-order valence-corrected chi connectivity index (χ0v) is 7.83. The molecule has 2 fully saturated rings. The van der Waals surface area contributed by atoms with Crippen LogP contribution in [0, 0.1) is 0 Å². The van der Waals surface area contributed by atoms with Gasteiger partial charge in [-0.25, -0.2) is 0 Å². The Balaban J connectivity index is 1.89. The molecule has 2 aliphatic heterocycles. The number of nitrogens with zero attached hydrogens (tertiary/aromatic N) is 1. The normalized spacial score (nSPS) is 35.4. The molecule has 2 heterocycles. The van der Waals surface area contributed by atoms with E-state index in [9.17, 15) is 4.79 Å². The van der Waals surface area contributed by atoms with E-state index < -0.39 is 0 Å². The molecule has 0 bridgehead atoms. The van der Waals surface area contributed by atoms with Gasteiger partial charge in [-0.05, 0) is 25.8 Å². The third-order valence-corrected chi connectivity index (χ3v) is 3.13. The van der Waals surface area contributed by atoms with Gasteiger partial charge in [0.05, 0.1) is 6.04 Å². The van der Waals surface area contributed by atoms with E-state index in [-0.39, 0.29) is 11.9 Å². The Labute approximate surface area is 78.5 Å². The van der Waals surface area contributed by atoms with Crippen molar-refractivity contribution in [2.75, 3.05) is 19.6 Å². The van der Waals surface area contributed by atoms with Crippen LogP contribution in [0.15, 0.2) is 0 Å². The van der Waals surface area contributed by atoms with Crippen molar-refractivity contribution in [1.29, 1.82) is 0 Å². The molecule has 13 heavy (non-hydrogen) atoms. The molecule has 0 spiro atoms. The molecule has 2 atom stereocenters. The largest absolute Gasteiger partial charge is 0.368 e. The molecule has 0 aromatic heterocycles. The quantitative estimate of drug-likeness (QED) is 0.595. The van der Waals surface area contributed by atoms with Crippen LogP contribution in [0.4, 0.5) is 0 Å². The maximum atomic E-state index is 11.0. The van der Waals surface area contributed by atoms with E-state index >= 15 is 0 Å². The van der Waals surface area contributed by atoms with Crippen LogP contribution in [0.3, 0.4) is 0 Å². The van der Waals surface area contributed by atoms with Crippen LogP contribution in [0.1, 0.15) is 19.3 Å². The molecule has 2 aliphatic rings. The van der Waals surface area contributed by atoms with Crippen molar-refractivity contribution in [2.45, 2.75) is 31.3 Å². The third-order valence-electron chi connectivity index (χ3n) is 3.13. The number of nitrogens with two attached hydrogens (primary N) is 1. The van der Waals surface area contributed by atoms with E-state index in [4.69, 9.17) is 5.73 Å². The van der Waals surface area contributed by atoms with Gasteiger partial charge in [0, 0.05) is 19.1 Å². The molecule has 0 radical (unpaired) electrons. The average Bonchev–Trinajstić information content (AvgIpc) is 2.02. The Morgan fingerprint density at radius 3 is 2.77 bits per heavy atom. The van der Waals surface area contributed by atoms with Gasteiger partial charge in [0.1, 0.15) is 0 Å². The molecule has 74 valence electrons. The van der Waals surface area contributed by atoms with E-state index in [2.05, 4.69) is 10.2 Å². The number of piperidine rings is 1. The fraction of sp³-hybridized carbons (Fsp3) is 0.889. The van der Waals surface area contributed by atoms with E-state index in [0.29, 0.717) is 6.04 Å². The Kier molecular flexibility index (Phi) is 2.51. The highest BCUT2D eigenvalue weighted by Crippen LogP contribution is 2.23. The molecule has 0 aromatic carbocycles.